The molecule has 0 aliphatic carbocycles. The first-order valence-corrected chi connectivity index (χ1v) is 6.46. The fraction of sp³-hybridized carbons (Fsp3) is 0.462. The van der Waals surface area contributed by atoms with E-state index >= 15 is 0 Å². The average molecular weight is 277 g/mol. The van der Waals surface area contributed by atoms with Crippen LogP contribution in [-0.4, -0.2) is 40.5 Å². The number of anilines is 1. The normalized spacial score (nSPS) is 12.3. The summed E-state index contributed by atoms with van der Waals surface area (Å²) in [5.41, 5.74) is 7.19. The summed E-state index contributed by atoms with van der Waals surface area (Å²) in [7, 11) is 1.59. The van der Waals surface area contributed by atoms with Crippen LogP contribution in [-0.2, 0) is 4.74 Å². The molecule has 0 fully saturated rings. The number of nitrogens with two attached hydrogens (primary N) is 1. The topological polar surface area (TPSA) is 88.1 Å². The van der Waals surface area contributed by atoms with Crippen molar-refractivity contribution in [2.75, 3.05) is 26.1 Å². The Bertz CT molecular complexity index is 570. The van der Waals surface area contributed by atoms with Crippen molar-refractivity contribution in [3.63, 3.8) is 0 Å². The monoisotopic (exact) mass is 277 g/mol. The number of hydrogen-bond acceptors (Lipinski definition) is 6. The summed E-state index contributed by atoms with van der Waals surface area (Å²) in [5, 5.41) is 11.9. The van der Waals surface area contributed by atoms with Crippen LogP contribution in [0.3, 0.4) is 0 Å². The smallest absolute Gasteiger partial charge is 0.186 e. The molecule has 1 heterocycles. The highest BCUT2D eigenvalue weighted by atomic mass is 16.5. The predicted molar refractivity (Wildman–Crippen MR) is 75.4 cm³/mol. The zero-order chi connectivity index (χ0) is 14.5. The Morgan fingerprint density at radius 3 is 2.90 bits per heavy atom. The lowest BCUT2D eigenvalue weighted by Gasteiger charge is -2.14. The second kappa shape index (κ2) is 6.33. The SMILES string of the molecule is CCOCC(C)n1nnnc1-c1ccc(N)cc1OC. The van der Waals surface area contributed by atoms with E-state index in [0.29, 0.717) is 30.5 Å². The maximum Gasteiger partial charge on any atom is 0.186 e. The second-order valence-electron chi connectivity index (χ2n) is 4.42. The molecule has 20 heavy (non-hydrogen) atoms. The minimum absolute atomic E-state index is 0.0298. The summed E-state index contributed by atoms with van der Waals surface area (Å²) >= 11 is 0. The largest absolute Gasteiger partial charge is 0.496 e. The molecule has 7 heteroatoms. The molecule has 0 amide bonds. The molecule has 0 aliphatic heterocycles. The van der Waals surface area contributed by atoms with Gasteiger partial charge in [0.1, 0.15) is 5.75 Å². The second-order valence-corrected chi connectivity index (χ2v) is 4.42. The summed E-state index contributed by atoms with van der Waals surface area (Å²) in [4.78, 5) is 0. The third-order valence-electron chi connectivity index (χ3n) is 2.94. The number of tetrazole rings is 1. The summed E-state index contributed by atoms with van der Waals surface area (Å²) < 4.78 is 12.5. The number of aromatic nitrogens is 4. The highest BCUT2D eigenvalue weighted by Gasteiger charge is 2.18. The van der Waals surface area contributed by atoms with Gasteiger partial charge < -0.3 is 15.2 Å². The van der Waals surface area contributed by atoms with Gasteiger partial charge in [0.2, 0.25) is 0 Å². The molecule has 0 spiro atoms. The van der Waals surface area contributed by atoms with Crippen molar-refractivity contribution in [1.82, 2.24) is 20.2 Å². The highest BCUT2D eigenvalue weighted by molar-refractivity contribution is 5.67. The number of hydrogen-bond donors (Lipinski definition) is 1. The van der Waals surface area contributed by atoms with Crippen LogP contribution >= 0.6 is 0 Å². The molecule has 1 unspecified atom stereocenters. The van der Waals surface area contributed by atoms with Crippen molar-refractivity contribution in [3.8, 4) is 17.1 Å². The van der Waals surface area contributed by atoms with E-state index in [-0.39, 0.29) is 6.04 Å². The Hall–Kier alpha value is -2.15. The quantitative estimate of drug-likeness (QED) is 0.805. The number of methoxy groups -OCH3 is 1. The van der Waals surface area contributed by atoms with Crippen molar-refractivity contribution in [3.05, 3.63) is 18.2 Å². The van der Waals surface area contributed by atoms with E-state index in [0.717, 1.165) is 5.56 Å². The highest BCUT2D eigenvalue weighted by Crippen LogP contribution is 2.30. The molecule has 0 saturated heterocycles. The van der Waals surface area contributed by atoms with Gasteiger partial charge >= 0.3 is 0 Å². The Kier molecular flexibility index (Phi) is 4.52. The standard InChI is InChI=1S/C13H19N5O2/c1-4-20-8-9(2)18-13(15-16-17-18)11-6-5-10(14)7-12(11)19-3/h5-7,9H,4,8,14H2,1-3H3. The van der Waals surface area contributed by atoms with E-state index in [1.54, 1.807) is 23.9 Å². The summed E-state index contributed by atoms with van der Waals surface area (Å²) in [5.74, 6) is 1.28. The number of nitrogen functional groups attached to an aromatic ring is 1. The average Bonchev–Trinajstić information content (AvgIpc) is 2.93. The molecule has 1 aromatic heterocycles. The molecule has 0 bridgehead atoms. The Labute approximate surface area is 117 Å². The lowest BCUT2D eigenvalue weighted by molar-refractivity contribution is 0.115. The van der Waals surface area contributed by atoms with Crippen LogP contribution in [0, 0.1) is 0 Å². The van der Waals surface area contributed by atoms with Crippen molar-refractivity contribution < 1.29 is 9.47 Å². The van der Waals surface area contributed by atoms with Crippen LogP contribution in [0.4, 0.5) is 5.69 Å². The molecule has 0 aliphatic rings. The maximum atomic E-state index is 5.76. The van der Waals surface area contributed by atoms with Crippen molar-refractivity contribution in [1.29, 1.82) is 0 Å². The van der Waals surface area contributed by atoms with Crippen LogP contribution in [0.2, 0.25) is 0 Å². The van der Waals surface area contributed by atoms with E-state index in [1.807, 2.05) is 19.9 Å². The molecule has 1 atom stereocenters. The van der Waals surface area contributed by atoms with E-state index in [1.165, 1.54) is 0 Å². The molecule has 0 saturated carbocycles. The van der Waals surface area contributed by atoms with E-state index < -0.39 is 0 Å². The third kappa shape index (κ3) is 2.88. The van der Waals surface area contributed by atoms with E-state index in [9.17, 15) is 0 Å². The summed E-state index contributed by atoms with van der Waals surface area (Å²) in [6.45, 7) is 5.16. The van der Waals surface area contributed by atoms with Gasteiger partial charge in [-0.25, -0.2) is 4.68 Å². The molecule has 2 N–H and O–H groups in total. The molecule has 7 nitrogen and oxygen atoms in total. The van der Waals surface area contributed by atoms with E-state index in [2.05, 4.69) is 15.5 Å². The molecule has 2 rings (SSSR count). The fourth-order valence-electron chi connectivity index (χ4n) is 1.92. The van der Waals surface area contributed by atoms with Crippen LogP contribution in [0.15, 0.2) is 18.2 Å². The van der Waals surface area contributed by atoms with Crippen molar-refractivity contribution >= 4 is 5.69 Å². The fourth-order valence-corrected chi connectivity index (χ4v) is 1.92. The predicted octanol–water partition coefficient (Wildman–Crippen LogP) is 1.53. The Morgan fingerprint density at radius 2 is 2.20 bits per heavy atom. The lowest BCUT2D eigenvalue weighted by Crippen LogP contribution is -2.15. The summed E-state index contributed by atoms with van der Waals surface area (Å²) in [6, 6.07) is 5.43. The number of benzene rings is 1. The molecule has 0 radical (unpaired) electrons. The Balaban J connectivity index is 2.36. The minimum atomic E-state index is 0.0298. The zero-order valence-corrected chi connectivity index (χ0v) is 11.9. The molecule has 1 aromatic carbocycles. The molecule has 2 aromatic rings. The Morgan fingerprint density at radius 1 is 1.40 bits per heavy atom. The maximum absolute atomic E-state index is 5.76. The van der Waals surface area contributed by atoms with Crippen LogP contribution in [0.1, 0.15) is 19.9 Å². The molecule has 108 valence electrons. The third-order valence-corrected chi connectivity index (χ3v) is 2.94. The van der Waals surface area contributed by atoms with Crippen LogP contribution in [0.5, 0.6) is 5.75 Å². The van der Waals surface area contributed by atoms with Gasteiger partial charge in [-0.3, -0.25) is 0 Å². The first kappa shape index (κ1) is 14.3. The van der Waals surface area contributed by atoms with Gasteiger partial charge in [-0.2, -0.15) is 0 Å². The van der Waals surface area contributed by atoms with Gasteiger partial charge in [-0.15, -0.1) is 5.10 Å². The minimum Gasteiger partial charge on any atom is -0.496 e. The first-order valence-electron chi connectivity index (χ1n) is 6.46. The van der Waals surface area contributed by atoms with Gasteiger partial charge in [0.05, 0.1) is 25.3 Å². The van der Waals surface area contributed by atoms with Crippen LogP contribution < -0.4 is 10.5 Å². The van der Waals surface area contributed by atoms with E-state index in [4.69, 9.17) is 15.2 Å². The van der Waals surface area contributed by atoms with Crippen molar-refractivity contribution in [2.45, 2.75) is 19.9 Å². The zero-order valence-electron chi connectivity index (χ0n) is 11.9. The lowest BCUT2D eigenvalue weighted by atomic mass is 10.1. The molecular formula is C13H19N5O2. The number of nitrogens with zero attached hydrogens (tertiary/aromatic N) is 4. The van der Waals surface area contributed by atoms with Gasteiger partial charge in [-0.1, -0.05) is 0 Å². The van der Waals surface area contributed by atoms with Gasteiger partial charge in [-0.05, 0) is 36.4 Å². The number of rotatable bonds is 6. The first-order chi connectivity index (χ1) is 9.67. The van der Waals surface area contributed by atoms with Crippen molar-refractivity contribution in [2.24, 2.45) is 0 Å². The van der Waals surface area contributed by atoms with Gasteiger partial charge in [0, 0.05) is 18.4 Å². The van der Waals surface area contributed by atoms with Crippen LogP contribution in [0.25, 0.3) is 11.4 Å². The molecular weight excluding hydrogens is 258 g/mol. The number of ether oxygens (including phenoxy) is 2. The van der Waals surface area contributed by atoms with Gasteiger partial charge in [0.15, 0.2) is 5.82 Å². The van der Waals surface area contributed by atoms with Gasteiger partial charge in [0.25, 0.3) is 0 Å². The summed E-state index contributed by atoms with van der Waals surface area (Å²) in [6.07, 6.45) is 0.